The molecule has 0 amide bonds. The normalized spacial score (nSPS) is 9.92. The van der Waals surface area contributed by atoms with Gasteiger partial charge in [-0.3, -0.25) is 4.98 Å². The number of aromatic amines is 1. The monoisotopic (exact) mass is 158 g/mol. The van der Waals surface area contributed by atoms with Gasteiger partial charge >= 0.3 is 0 Å². The maximum atomic E-state index is 8.70. The average molecular weight is 158 g/mol. The van der Waals surface area contributed by atoms with Crippen LogP contribution in [0, 0.1) is 11.3 Å². The zero-order chi connectivity index (χ0) is 8.55. The predicted molar refractivity (Wildman–Crippen MR) is 45.2 cm³/mol. The highest BCUT2D eigenvalue weighted by Gasteiger charge is 2.05. The number of pyridine rings is 1. The van der Waals surface area contributed by atoms with E-state index in [-0.39, 0.29) is 0 Å². The van der Waals surface area contributed by atoms with Crippen LogP contribution in [0.4, 0.5) is 5.69 Å². The van der Waals surface area contributed by atoms with E-state index in [2.05, 4.69) is 16.0 Å². The molecule has 0 fully saturated rings. The first-order chi connectivity index (χ1) is 5.83. The van der Waals surface area contributed by atoms with Crippen molar-refractivity contribution in [1.82, 2.24) is 9.97 Å². The SMILES string of the molecule is N#Cc1c[nH]c2cncc(N)c12. The second-order valence-electron chi connectivity index (χ2n) is 2.47. The topological polar surface area (TPSA) is 78.5 Å². The number of hydrogen-bond acceptors (Lipinski definition) is 3. The number of nitrogens with zero attached hydrogens (tertiary/aromatic N) is 2. The van der Waals surface area contributed by atoms with Crippen LogP contribution in [0.5, 0.6) is 0 Å². The van der Waals surface area contributed by atoms with Crippen molar-refractivity contribution in [1.29, 1.82) is 5.26 Å². The molecule has 0 radical (unpaired) electrons. The molecule has 2 heterocycles. The van der Waals surface area contributed by atoms with Crippen molar-refractivity contribution in [3.63, 3.8) is 0 Å². The summed E-state index contributed by atoms with van der Waals surface area (Å²) in [6.45, 7) is 0. The first-order valence-electron chi connectivity index (χ1n) is 3.43. The van der Waals surface area contributed by atoms with Crippen LogP contribution in [0.1, 0.15) is 5.56 Å². The fourth-order valence-electron chi connectivity index (χ4n) is 1.20. The average Bonchev–Trinajstić information content (AvgIpc) is 2.49. The van der Waals surface area contributed by atoms with Gasteiger partial charge in [0, 0.05) is 11.6 Å². The van der Waals surface area contributed by atoms with Gasteiger partial charge in [-0.1, -0.05) is 0 Å². The van der Waals surface area contributed by atoms with Gasteiger partial charge in [0.2, 0.25) is 0 Å². The standard InChI is InChI=1S/C8H6N4/c9-1-5-2-12-7-4-11-3-6(10)8(5)7/h2-4,12H,10H2. The number of aromatic nitrogens is 2. The first-order valence-corrected chi connectivity index (χ1v) is 3.43. The molecule has 3 N–H and O–H groups in total. The second kappa shape index (κ2) is 2.24. The highest BCUT2D eigenvalue weighted by Crippen LogP contribution is 2.21. The lowest BCUT2D eigenvalue weighted by atomic mass is 10.2. The summed E-state index contributed by atoms with van der Waals surface area (Å²) in [5.74, 6) is 0. The minimum absolute atomic E-state index is 0.533. The van der Waals surface area contributed by atoms with Gasteiger partial charge < -0.3 is 10.7 Å². The van der Waals surface area contributed by atoms with Gasteiger partial charge in [0.25, 0.3) is 0 Å². The smallest absolute Gasteiger partial charge is 0.101 e. The summed E-state index contributed by atoms with van der Waals surface area (Å²) in [5, 5.41) is 9.46. The van der Waals surface area contributed by atoms with Crippen LogP contribution in [-0.2, 0) is 0 Å². The Morgan fingerprint density at radius 3 is 3.08 bits per heavy atom. The molecule has 0 spiro atoms. The molecule has 0 saturated heterocycles. The summed E-state index contributed by atoms with van der Waals surface area (Å²) < 4.78 is 0. The molecule has 0 aliphatic heterocycles. The zero-order valence-corrected chi connectivity index (χ0v) is 6.20. The van der Waals surface area contributed by atoms with Crippen molar-refractivity contribution in [2.75, 3.05) is 5.73 Å². The highest BCUT2D eigenvalue weighted by molar-refractivity contribution is 5.94. The van der Waals surface area contributed by atoms with Crippen molar-refractivity contribution >= 4 is 16.6 Å². The third-order valence-electron chi connectivity index (χ3n) is 1.74. The Hall–Kier alpha value is -2.02. The molecule has 0 saturated carbocycles. The van der Waals surface area contributed by atoms with Crippen molar-refractivity contribution in [3.8, 4) is 6.07 Å². The molecule has 0 bridgehead atoms. The van der Waals surface area contributed by atoms with Gasteiger partial charge in [0.15, 0.2) is 0 Å². The highest BCUT2D eigenvalue weighted by atomic mass is 14.8. The van der Waals surface area contributed by atoms with Gasteiger partial charge in [-0.05, 0) is 0 Å². The quantitative estimate of drug-likeness (QED) is 0.600. The number of hydrogen-bond donors (Lipinski definition) is 2. The van der Waals surface area contributed by atoms with Crippen LogP contribution in [0.3, 0.4) is 0 Å². The number of fused-ring (bicyclic) bond motifs is 1. The molecular weight excluding hydrogens is 152 g/mol. The van der Waals surface area contributed by atoms with E-state index in [1.165, 1.54) is 6.20 Å². The molecule has 4 nitrogen and oxygen atoms in total. The maximum absolute atomic E-state index is 8.70. The molecule has 0 atom stereocenters. The Balaban J connectivity index is 2.95. The van der Waals surface area contributed by atoms with Crippen molar-refractivity contribution in [2.24, 2.45) is 0 Å². The number of rotatable bonds is 0. The van der Waals surface area contributed by atoms with E-state index in [1.807, 2.05) is 0 Å². The fraction of sp³-hybridized carbons (Fsp3) is 0. The number of nitrogens with two attached hydrogens (primary N) is 1. The van der Waals surface area contributed by atoms with E-state index in [9.17, 15) is 0 Å². The molecule has 4 heteroatoms. The van der Waals surface area contributed by atoms with E-state index in [0.717, 1.165) is 10.9 Å². The van der Waals surface area contributed by atoms with Gasteiger partial charge in [-0.25, -0.2) is 0 Å². The van der Waals surface area contributed by atoms with E-state index >= 15 is 0 Å². The van der Waals surface area contributed by atoms with Crippen LogP contribution in [0.25, 0.3) is 10.9 Å². The van der Waals surface area contributed by atoms with Gasteiger partial charge in [-0.15, -0.1) is 0 Å². The molecule has 2 rings (SSSR count). The van der Waals surface area contributed by atoms with Gasteiger partial charge in [-0.2, -0.15) is 5.26 Å². The molecule has 0 aliphatic carbocycles. The van der Waals surface area contributed by atoms with E-state index in [0.29, 0.717) is 11.3 Å². The number of nitrogens with one attached hydrogen (secondary N) is 1. The Kier molecular flexibility index (Phi) is 1.25. The Morgan fingerprint density at radius 2 is 2.33 bits per heavy atom. The number of anilines is 1. The minimum atomic E-state index is 0.533. The van der Waals surface area contributed by atoms with Crippen LogP contribution in [0.15, 0.2) is 18.6 Å². The molecule has 2 aromatic rings. The fourth-order valence-corrected chi connectivity index (χ4v) is 1.20. The van der Waals surface area contributed by atoms with Gasteiger partial charge in [0.05, 0.1) is 29.2 Å². The van der Waals surface area contributed by atoms with Crippen molar-refractivity contribution in [2.45, 2.75) is 0 Å². The zero-order valence-electron chi connectivity index (χ0n) is 6.20. The molecule has 0 aromatic carbocycles. The molecule has 2 aromatic heterocycles. The lowest BCUT2D eigenvalue weighted by Gasteiger charge is -1.93. The lowest BCUT2D eigenvalue weighted by molar-refractivity contribution is 1.34. The molecular formula is C8H6N4. The summed E-state index contributed by atoms with van der Waals surface area (Å²) in [5.41, 5.74) is 7.53. The molecule has 58 valence electrons. The third-order valence-corrected chi connectivity index (χ3v) is 1.74. The number of H-pyrrole nitrogens is 1. The van der Waals surface area contributed by atoms with Crippen LogP contribution in [-0.4, -0.2) is 9.97 Å². The number of nitriles is 1. The Morgan fingerprint density at radius 1 is 1.50 bits per heavy atom. The number of nitrogen functional groups attached to an aromatic ring is 1. The van der Waals surface area contributed by atoms with Gasteiger partial charge in [0.1, 0.15) is 6.07 Å². The lowest BCUT2D eigenvalue weighted by Crippen LogP contribution is -1.87. The van der Waals surface area contributed by atoms with Crippen LogP contribution >= 0.6 is 0 Å². The second-order valence-corrected chi connectivity index (χ2v) is 2.47. The minimum Gasteiger partial charge on any atom is -0.397 e. The summed E-state index contributed by atoms with van der Waals surface area (Å²) in [7, 11) is 0. The van der Waals surface area contributed by atoms with Crippen molar-refractivity contribution in [3.05, 3.63) is 24.2 Å². The van der Waals surface area contributed by atoms with Crippen LogP contribution in [0.2, 0.25) is 0 Å². The summed E-state index contributed by atoms with van der Waals surface area (Å²) >= 11 is 0. The maximum Gasteiger partial charge on any atom is 0.101 e. The first kappa shape index (κ1) is 6.68. The van der Waals surface area contributed by atoms with E-state index in [4.69, 9.17) is 11.0 Å². The van der Waals surface area contributed by atoms with E-state index < -0.39 is 0 Å². The molecule has 0 aliphatic rings. The Bertz CT molecular complexity index is 463. The molecule has 12 heavy (non-hydrogen) atoms. The predicted octanol–water partition coefficient (Wildman–Crippen LogP) is 1.02. The summed E-state index contributed by atoms with van der Waals surface area (Å²) in [6.07, 6.45) is 4.81. The largest absolute Gasteiger partial charge is 0.397 e. The van der Waals surface area contributed by atoms with E-state index in [1.54, 1.807) is 12.4 Å². The Labute approximate surface area is 68.6 Å². The third kappa shape index (κ3) is 0.736. The molecule has 0 unspecified atom stereocenters. The summed E-state index contributed by atoms with van der Waals surface area (Å²) in [4.78, 5) is 6.81. The van der Waals surface area contributed by atoms with Crippen molar-refractivity contribution < 1.29 is 0 Å². The van der Waals surface area contributed by atoms with Crippen LogP contribution < -0.4 is 5.73 Å². The summed E-state index contributed by atoms with van der Waals surface area (Å²) in [6, 6.07) is 2.05.